The molecular formula is C17H25ClN2O4. The van der Waals surface area contributed by atoms with Gasteiger partial charge in [0.1, 0.15) is 6.61 Å². The smallest absolute Gasteiger partial charge is 0.239 e. The molecule has 0 bridgehead atoms. The molecule has 2 unspecified atom stereocenters. The summed E-state index contributed by atoms with van der Waals surface area (Å²) in [6, 6.07) is 7.09. The number of hydrogen-bond donors (Lipinski definition) is 1. The molecule has 7 heteroatoms. The van der Waals surface area contributed by atoms with Gasteiger partial charge in [0.05, 0.1) is 12.6 Å². The average Bonchev–Trinajstić information content (AvgIpc) is 2.61. The first-order valence-electron chi connectivity index (χ1n) is 8.12. The van der Waals surface area contributed by atoms with E-state index in [0.29, 0.717) is 26.4 Å². The molecule has 3 rings (SSSR count). The van der Waals surface area contributed by atoms with E-state index >= 15 is 0 Å². The van der Waals surface area contributed by atoms with Crippen molar-refractivity contribution in [1.29, 1.82) is 0 Å². The minimum absolute atomic E-state index is 0. The highest BCUT2D eigenvalue weighted by Gasteiger charge is 2.30. The van der Waals surface area contributed by atoms with E-state index in [2.05, 4.69) is 0 Å². The Hall–Kier alpha value is -1.50. The molecule has 0 saturated carbocycles. The predicted molar refractivity (Wildman–Crippen MR) is 92.8 cm³/mol. The fourth-order valence-electron chi connectivity index (χ4n) is 3.08. The molecule has 134 valence electrons. The molecule has 2 N–H and O–H groups in total. The first kappa shape index (κ1) is 18.8. The van der Waals surface area contributed by atoms with Crippen LogP contribution in [0.3, 0.4) is 0 Å². The van der Waals surface area contributed by atoms with Crippen LogP contribution in [-0.4, -0.2) is 56.4 Å². The van der Waals surface area contributed by atoms with Crippen molar-refractivity contribution in [1.82, 2.24) is 4.90 Å². The van der Waals surface area contributed by atoms with Gasteiger partial charge in [0.25, 0.3) is 0 Å². The molecule has 1 fully saturated rings. The predicted octanol–water partition coefficient (Wildman–Crippen LogP) is 1.46. The van der Waals surface area contributed by atoms with E-state index in [0.717, 1.165) is 24.3 Å². The SMILES string of the molecule is CN(CC1COc2ccccc2O1)C(=O)C(N)C1CCOCC1.Cl. The number of nitrogens with zero attached hydrogens (tertiary/aromatic N) is 1. The van der Waals surface area contributed by atoms with Crippen molar-refractivity contribution in [3.63, 3.8) is 0 Å². The number of likely N-dealkylation sites (N-methyl/N-ethyl adjacent to an activating group) is 1. The second kappa shape index (κ2) is 8.55. The van der Waals surface area contributed by atoms with E-state index in [-0.39, 0.29) is 30.3 Å². The summed E-state index contributed by atoms with van der Waals surface area (Å²) in [5.74, 6) is 1.62. The lowest BCUT2D eigenvalue weighted by Gasteiger charge is -2.33. The maximum atomic E-state index is 12.5. The zero-order valence-electron chi connectivity index (χ0n) is 13.8. The van der Waals surface area contributed by atoms with Crippen LogP contribution in [0.15, 0.2) is 24.3 Å². The molecule has 1 saturated heterocycles. The van der Waals surface area contributed by atoms with Gasteiger partial charge in [-0.15, -0.1) is 12.4 Å². The molecule has 2 aliphatic heterocycles. The molecule has 2 atom stereocenters. The summed E-state index contributed by atoms with van der Waals surface area (Å²) in [7, 11) is 1.77. The molecule has 0 spiro atoms. The van der Waals surface area contributed by atoms with Crippen LogP contribution in [0.2, 0.25) is 0 Å². The van der Waals surface area contributed by atoms with Gasteiger partial charge in [-0.1, -0.05) is 12.1 Å². The van der Waals surface area contributed by atoms with Gasteiger partial charge >= 0.3 is 0 Å². The van der Waals surface area contributed by atoms with Crippen molar-refractivity contribution in [3.05, 3.63) is 24.3 Å². The lowest BCUT2D eigenvalue weighted by molar-refractivity contribution is -0.134. The number of ether oxygens (including phenoxy) is 3. The summed E-state index contributed by atoms with van der Waals surface area (Å²) >= 11 is 0. The van der Waals surface area contributed by atoms with E-state index in [1.807, 2.05) is 24.3 Å². The Labute approximate surface area is 148 Å². The number of fused-ring (bicyclic) bond motifs is 1. The molecule has 0 radical (unpaired) electrons. The third-order valence-corrected chi connectivity index (χ3v) is 4.48. The number of carbonyl (C=O) groups excluding carboxylic acids is 1. The standard InChI is InChI=1S/C17H24N2O4.ClH/c1-19(17(20)16(18)12-6-8-21-9-7-12)10-13-11-22-14-4-2-3-5-15(14)23-13;/h2-5,12-13,16H,6-11,18H2,1H3;1H. The summed E-state index contributed by atoms with van der Waals surface area (Å²) in [6.45, 7) is 2.27. The number of benzene rings is 1. The van der Waals surface area contributed by atoms with E-state index in [4.69, 9.17) is 19.9 Å². The summed E-state index contributed by atoms with van der Waals surface area (Å²) < 4.78 is 16.9. The molecule has 0 aliphatic carbocycles. The Morgan fingerprint density at radius 1 is 1.29 bits per heavy atom. The number of rotatable bonds is 4. The van der Waals surface area contributed by atoms with Gasteiger partial charge in [-0.25, -0.2) is 0 Å². The van der Waals surface area contributed by atoms with Gasteiger partial charge in [0.2, 0.25) is 5.91 Å². The fraction of sp³-hybridized carbons (Fsp3) is 0.588. The van der Waals surface area contributed by atoms with Gasteiger partial charge in [-0.3, -0.25) is 4.79 Å². The molecular weight excluding hydrogens is 332 g/mol. The number of halogens is 1. The van der Waals surface area contributed by atoms with E-state index in [9.17, 15) is 4.79 Å². The number of carbonyl (C=O) groups is 1. The Bertz CT molecular complexity index is 551. The minimum atomic E-state index is -0.472. The van der Waals surface area contributed by atoms with Gasteiger partial charge in [0.15, 0.2) is 17.6 Å². The Balaban J connectivity index is 0.00000208. The Morgan fingerprint density at radius 2 is 1.96 bits per heavy atom. The van der Waals surface area contributed by atoms with Crippen LogP contribution in [0.1, 0.15) is 12.8 Å². The third kappa shape index (κ3) is 4.32. The summed E-state index contributed by atoms with van der Waals surface area (Å²) in [6.07, 6.45) is 1.51. The van der Waals surface area contributed by atoms with Gasteiger partial charge in [-0.05, 0) is 30.9 Å². The van der Waals surface area contributed by atoms with E-state index in [1.54, 1.807) is 11.9 Å². The quantitative estimate of drug-likeness (QED) is 0.884. The maximum Gasteiger partial charge on any atom is 0.239 e. The highest BCUT2D eigenvalue weighted by Crippen LogP contribution is 2.31. The molecule has 24 heavy (non-hydrogen) atoms. The van der Waals surface area contributed by atoms with Crippen molar-refractivity contribution < 1.29 is 19.0 Å². The van der Waals surface area contributed by atoms with Crippen LogP contribution in [0.5, 0.6) is 11.5 Å². The topological polar surface area (TPSA) is 74.0 Å². The zero-order chi connectivity index (χ0) is 16.2. The summed E-state index contributed by atoms with van der Waals surface area (Å²) in [5.41, 5.74) is 6.16. The van der Waals surface area contributed by atoms with Crippen LogP contribution in [-0.2, 0) is 9.53 Å². The van der Waals surface area contributed by atoms with E-state index in [1.165, 1.54) is 0 Å². The van der Waals surface area contributed by atoms with Crippen LogP contribution in [0.25, 0.3) is 0 Å². The summed E-state index contributed by atoms with van der Waals surface area (Å²) in [4.78, 5) is 14.2. The second-order valence-electron chi connectivity index (χ2n) is 6.19. The Morgan fingerprint density at radius 3 is 2.67 bits per heavy atom. The molecule has 6 nitrogen and oxygen atoms in total. The van der Waals surface area contributed by atoms with Crippen molar-refractivity contribution in [2.24, 2.45) is 11.7 Å². The number of para-hydroxylation sites is 2. The fourth-order valence-corrected chi connectivity index (χ4v) is 3.08. The molecule has 2 aliphatic rings. The van der Waals surface area contributed by atoms with Gasteiger partial charge < -0.3 is 24.8 Å². The first-order valence-corrected chi connectivity index (χ1v) is 8.12. The summed E-state index contributed by atoms with van der Waals surface area (Å²) in [5, 5.41) is 0. The molecule has 1 aromatic rings. The number of nitrogens with two attached hydrogens (primary N) is 1. The Kier molecular flexibility index (Phi) is 6.71. The highest BCUT2D eigenvalue weighted by atomic mass is 35.5. The highest BCUT2D eigenvalue weighted by molar-refractivity contribution is 5.85. The van der Waals surface area contributed by atoms with Crippen LogP contribution in [0.4, 0.5) is 0 Å². The molecule has 2 heterocycles. The van der Waals surface area contributed by atoms with E-state index < -0.39 is 6.04 Å². The van der Waals surface area contributed by atoms with Crippen molar-refractivity contribution in [2.75, 3.05) is 33.4 Å². The maximum absolute atomic E-state index is 12.5. The number of hydrogen-bond acceptors (Lipinski definition) is 5. The van der Waals surface area contributed by atoms with Crippen molar-refractivity contribution in [2.45, 2.75) is 25.0 Å². The second-order valence-corrected chi connectivity index (χ2v) is 6.19. The third-order valence-electron chi connectivity index (χ3n) is 4.48. The number of amides is 1. The van der Waals surface area contributed by atoms with Crippen molar-refractivity contribution >= 4 is 18.3 Å². The van der Waals surface area contributed by atoms with Gasteiger partial charge in [0, 0.05) is 20.3 Å². The lowest BCUT2D eigenvalue weighted by Crippen LogP contribution is -2.51. The van der Waals surface area contributed by atoms with Crippen LogP contribution in [0, 0.1) is 5.92 Å². The molecule has 1 amide bonds. The largest absolute Gasteiger partial charge is 0.486 e. The minimum Gasteiger partial charge on any atom is -0.486 e. The van der Waals surface area contributed by atoms with Crippen LogP contribution < -0.4 is 15.2 Å². The normalized spacial score (nSPS) is 21.5. The average molecular weight is 357 g/mol. The monoisotopic (exact) mass is 356 g/mol. The zero-order valence-corrected chi connectivity index (χ0v) is 14.7. The van der Waals surface area contributed by atoms with Gasteiger partial charge in [-0.2, -0.15) is 0 Å². The van der Waals surface area contributed by atoms with Crippen LogP contribution >= 0.6 is 12.4 Å². The molecule has 1 aromatic carbocycles. The van der Waals surface area contributed by atoms with Crippen molar-refractivity contribution in [3.8, 4) is 11.5 Å². The molecule has 0 aromatic heterocycles. The first-order chi connectivity index (χ1) is 11.1. The lowest BCUT2D eigenvalue weighted by atomic mass is 9.91.